The van der Waals surface area contributed by atoms with Crippen LogP contribution in [0, 0.1) is 5.41 Å². The number of nitrogens with one attached hydrogen (secondary N) is 2. The Kier molecular flexibility index (Phi) is 16.9. The number of hydrogen-bond acceptors (Lipinski definition) is 15. The zero-order chi connectivity index (χ0) is 53.3. The minimum Gasteiger partial charge on any atom is -0.464 e. The first-order chi connectivity index (χ1) is 36.7. The van der Waals surface area contributed by atoms with Gasteiger partial charge < -0.3 is 48.5 Å². The van der Waals surface area contributed by atoms with E-state index >= 15 is 0 Å². The number of benzene rings is 1. The lowest BCUT2D eigenvalue weighted by Gasteiger charge is -2.44. The topological polar surface area (TPSA) is 185 Å². The third-order valence-electron chi connectivity index (χ3n) is 15.9. The molecule has 18 nitrogen and oxygen atoms in total. The monoisotopic (exact) mass is 1080 g/mol. The molecule has 4 saturated heterocycles. The molecule has 22 heteroatoms. The third kappa shape index (κ3) is 11.9. The molecule has 6 atom stereocenters. The van der Waals surface area contributed by atoms with Crippen molar-refractivity contribution >= 4 is 45.8 Å². The van der Waals surface area contributed by atoms with E-state index in [-0.39, 0.29) is 36.9 Å². The zero-order valence-corrected chi connectivity index (χ0v) is 44.7. The molecule has 6 bridgehead atoms. The Labute approximate surface area is 445 Å². The number of thiazole rings is 1. The fraction of sp³-hybridized carbons (Fsp3) is 0.648. The highest BCUT2D eigenvalue weighted by Gasteiger charge is 2.44. The summed E-state index contributed by atoms with van der Waals surface area (Å²) in [7, 11) is 1.68. The molecule has 414 valence electrons. The minimum absolute atomic E-state index is 0.0148. The molecule has 0 radical (unpaired) electrons. The van der Waals surface area contributed by atoms with Crippen LogP contribution in [0.4, 0.5) is 23.7 Å². The van der Waals surface area contributed by atoms with Gasteiger partial charge in [0.1, 0.15) is 42.6 Å². The first kappa shape index (κ1) is 54.4. The maximum atomic E-state index is 14.8. The van der Waals surface area contributed by atoms with Crippen molar-refractivity contribution in [1.82, 2.24) is 40.1 Å². The predicted octanol–water partition coefficient (Wildman–Crippen LogP) is 6.44. The number of pyridine rings is 1. The van der Waals surface area contributed by atoms with Crippen molar-refractivity contribution in [3.8, 4) is 22.5 Å². The maximum Gasteiger partial charge on any atom is 0.324 e. The number of rotatable bonds is 15. The van der Waals surface area contributed by atoms with Crippen LogP contribution in [0.1, 0.15) is 94.2 Å². The number of ether oxygens (including phenoxy) is 5. The molecule has 1 aromatic carbocycles. The number of hydrogen-bond donors (Lipinski definition) is 3. The van der Waals surface area contributed by atoms with Gasteiger partial charge in [0.2, 0.25) is 0 Å². The van der Waals surface area contributed by atoms with Crippen LogP contribution in [0.3, 0.4) is 0 Å². The number of hydrazine groups is 1. The lowest BCUT2D eigenvalue weighted by molar-refractivity contribution is -0.156. The van der Waals surface area contributed by atoms with Gasteiger partial charge in [-0.25, -0.2) is 28.4 Å². The molecule has 0 unspecified atom stereocenters. The van der Waals surface area contributed by atoms with Crippen LogP contribution in [-0.2, 0) is 46.2 Å². The molecule has 5 fully saturated rings. The lowest BCUT2D eigenvalue weighted by atomic mass is 9.84. The molecule has 8 heterocycles. The van der Waals surface area contributed by atoms with Gasteiger partial charge in [-0.15, -0.1) is 11.3 Å². The summed E-state index contributed by atoms with van der Waals surface area (Å²) in [6, 6.07) is 4.71. The molecule has 3 aromatic heterocycles. The fourth-order valence-electron chi connectivity index (χ4n) is 11.4. The van der Waals surface area contributed by atoms with Gasteiger partial charge >= 0.3 is 12.0 Å². The van der Waals surface area contributed by atoms with Crippen molar-refractivity contribution in [1.29, 1.82) is 0 Å². The Morgan fingerprint density at radius 2 is 1.82 bits per heavy atom. The van der Waals surface area contributed by atoms with Gasteiger partial charge in [0.05, 0.1) is 60.4 Å². The van der Waals surface area contributed by atoms with Crippen LogP contribution in [0.25, 0.3) is 33.4 Å². The summed E-state index contributed by atoms with van der Waals surface area (Å²) in [6.07, 6.45) is 1.27. The average molecular weight is 1080 g/mol. The molecular weight excluding hydrogens is 1010 g/mol. The van der Waals surface area contributed by atoms with Crippen molar-refractivity contribution in [2.45, 2.75) is 134 Å². The van der Waals surface area contributed by atoms with Crippen molar-refractivity contribution in [2.75, 3.05) is 91.0 Å². The molecule has 1 aliphatic carbocycles. The number of alkyl halides is 3. The second kappa shape index (κ2) is 23.6. The lowest BCUT2D eigenvalue weighted by Crippen LogP contribution is -2.65. The van der Waals surface area contributed by atoms with Crippen LogP contribution >= 0.6 is 11.3 Å². The number of halogens is 3. The molecule has 5 aliphatic heterocycles. The summed E-state index contributed by atoms with van der Waals surface area (Å²) in [5, 5.41) is 17.1. The Hall–Kier alpha value is -4.94. The van der Waals surface area contributed by atoms with Gasteiger partial charge in [-0.3, -0.25) is 24.5 Å². The van der Waals surface area contributed by atoms with Crippen molar-refractivity contribution in [2.24, 2.45) is 5.41 Å². The molecule has 76 heavy (non-hydrogen) atoms. The smallest absolute Gasteiger partial charge is 0.324 e. The minimum atomic E-state index is -2.95. The van der Waals surface area contributed by atoms with Crippen molar-refractivity contribution in [3.05, 3.63) is 52.1 Å². The number of aliphatic hydroxyl groups excluding tert-OH is 1. The first-order valence-corrected chi connectivity index (χ1v) is 27.9. The number of piperazine rings is 1. The number of fused-ring (bicyclic) bond motifs is 6. The Morgan fingerprint density at radius 3 is 2.53 bits per heavy atom. The van der Waals surface area contributed by atoms with Gasteiger partial charge in [-0.1, -0.05) is 19.9 Å². The number of nitrogens with zero attached hydrogens (tertiary/aromatic N) is 7. The highest BCUT2D eigenvalue weighted by atomic mass is 32.1. The molecule has 4 aromatic rings. The second-order valence-electron chi connectivity index (χ2n) is 21.8. The fourth-order valence-corrected chi connectivity index (χ4v) is 12.3. The average Bonchev–Trinajstić information content (AvgIpc) is 4.11. The molecule has 1 saturated carbocycles. The number of aliphatic hydroxyl groups is 1. The van der Waals surface area contributed by atoms with E-state index in [1.165, 1.54) is 22.8 Å². The SMILES string of the molecule is CO[C@@H](C)c1ncc(N2CCN(C3CC3)CC2)cc1-c1c2c3cc(ccc3n1CCOC1CCOCC1)-c1csc(n1)[C@@H](OCC(F)F)[C@H](NC(=O)N1CC[C@H]1[C@H](O)CF)C(=O)N1CCC[C@H](N1)C(=O)OCC(C)(C)C2. The van der Waals surface area contributed by atoms with Crippen LogP contribution in [0.15, 0.2) is 35.8 Å². The zero-order valence-electron chi connectivity index (χ0n) is 43.9. The predicted molar refractivity (Wildman–Crippen MR) is 279 cm³/mol. The Balaban J connectivity index is 1.11. The molecule has 6 aliphatic rings. The molecule has 10 rings (SSSR count). The molecule has 3 amide bonds. The van der Waals surface area contributed by atoms with Gasteiger partial charge in [0, 0.05) is 105 Å². The second-order valence-corrected chi connectivity index (χ2v) is 22.7. The molecule has 3 N–H and O–H groups in total. The van der Waals surface area contributed by atoms with Crippen LogP contribution in [0.5, 0.6) is 0 Å². The highest BCUT2D eigenvalue weighted by Crippen LogP contribution is 2.44. The quantitative estimate of drug-likeness (QED) is 0.111. The number of esters is 1. The normalized spacial score (nSPS) is 24.8. The van der Waals surface area contributed by atoms with Crippen LogP contribution in [0.2, 0.25) is 0 Å². The Morgan fingerprint density at radius 1 is 1.03 bits per heavy atom. The number of anilines is 1. The Bertz CT molecular complexity index is 2690. The number of urea groups is 1. The number of methoxy groups -OCH3 is 1. The number of carbonyl (C=O) groups excluding carboxylic acids is 3. The van der Waals surface area contributed by atoms with E-state index in [1.54, 1.807) is 12.5 Å². The molecule has 0 spiro atoms. The van der Waals surface area contributed by atoms with E-state index in [9.17, 15) is 32.7 Å². The number of likely N-dealkylation sites (tertiary alicyclic amines) is 1. The maximum absolute atomic E-state index is 14.8. The number of carbonyl (C=O) groups is 3. The van der Waals surface area contributed by atoms with E-state index in [0.29, 0.717) is 69.3 Å². The standard InChI is InChI=1S/C54H72F3N9O9S/c1-32(71-4)46-38(25-35(28-58-46)63-18-16-62(17-19-63)34-8-9-34)48-39-26-54(2,3)31-75-52(69)40-6-5-14-66(61-40)51(68)47(60-53(70)65-15-11-43(65)44(67)27-55)49(74-29-45(56)57)50-59-41(30-76-50)33-7-10-42(37(39)24-33)64(48)20-23-73-36-12-21-72-22-13-36/h7,10,24-25,28,30,32,34,36,40,43-45,47,49,61,67H,5-6,8-9,11-23,26-27,29,31H2,1-4H3,(H,60,70)/t32-,40-,43-,44+,47-,49-/m0/s1. The third-order valence-corrected chi connectivity index (χ3v) is 16.8. The highest BCUT2D eigenvalue weighted by molar-refractivity contribution is 7.10. The van der Waals surface area contributed by atoms with Gasteiger partial charge in [-0.2, -0.15) is 0 Å². The summed E-state index contributed by atoms with van der Waals surface area (Å²) in [6.45, 7) is 10.1. The first-order valence-electron chi connectivity index (χ1n) is 27.0. The van der Waals surface area contributed by atoms with Gasteiger partial charge in [0.15, 0.2) is 0 Å². The van der Waals surface area contributed by atoms with Gasteiger partial charge in [0.25, 0.3) is 12.3 Å². The summed E-state index contributed by atoms with van der Waals surface area (Å²) >= 11 is 1.09. The summed E-state index contributed by atoms with van der Waals surface area (Å²) in [5.74, 6) is -1.36. The van der Waals surface area contributed by atoms with Crippen LogP contribution < -0.4 is 15.6 Å². The van der Waals surface area contributed by atoms with E-state index in [1.807, 2.05) is 19.2 Å². The van der Waals surface area contributed by atoms with Crippen molar-refractivity contribution < 1.29 is 56.3 Å². The van der Waals surface area contributed by atoms with E-state index < -0.39 is 73.4 Å². The van der Waals surface area contributed by atoms with E-state index in [4.69, 9.17) is 33.7 Å². The molecular formula is C54H72F3N9O9S. The van der Waals surface area contributed by atoms with E-state index in [0.717, 1.165) is 89.5 Å². The largest absolute Gasteiger partial charge is 0.464 e. The van der Waals surface area contributed by atoms with Crippen molar-refractivity contribution in [3.63, 3.8) is 0 Å². The van der Waals surface area contributed by atoms with Gasteiger partial charge in [-0.05, 0) is 82.1 Å². The summed E-state index contributed by atoms with van der Waals surface area (Å²) in [4.78, 5) is 59.4. The number of amides is 3. The number of aromatic nitrogens is 3. The summed E-state index contributed by atoms with van der Waals surface area (Å²) < 4.78 is 74.7. The number of cyclic esters (lactones) is 1. The van der Waals surface area contributed by atoms with Crippen LogP contribution in [-0.4, -0.2) is 181 Å². The summed E-state index contributed by atoms with van der Waals surface area (Å²) in [5.41, 5.74) is 9.06. The van der Waals surface area contributed by atoms with E-state index in [2.05, 4.69) is 57.2 Å².